The second kappa shape index (κ2) is 10.6. The molecule has 1 rings (SSSR count). The first kappa shape index (κ1) is 16.9. The van der Waals surface area contributed by atoms with Crippen molar-refractivity contribution in [3.63, 3.8) is 0 Å². The van der Waals surface area contributed by atoms with Crippen LogP contribution in [0.2, 0.25) is 0 Å². The molecule has 0 aliphatic rings. The van der Waals surface area contributed by atoms with Gasteiger partial charge in [0, 0.05) is 12.6 Å². The zero-order valence-electron chi connectivity index (χ0n) is 13.2. The first-order chi connectivity index (χ1) is 9.76. The lowest BCUT2D eigenvalue weighted by Gasteiger charge is -2.13. The maximum atomic E-state index is 5.78. The van der Waals surface area contributed by atoms with E-state index in [-0.39, 0.29) is 6.10 Å². The van der Waals surface area contributed by atoms with Crippen LogP contribution in [0.1, 0.15) is 65.0 Å². The first-order valence-electron chi connectivity index (χ1n) is 7.96. The number of hydrogen-bond donors (Lipinski definition) is 1. The summed E-state index contributed by atoms with van der Waals surface area (Å²) in [4.78, 5) is 0. The van der Waals surface area contributed by atoms with Gasteiger partial charge < -0.3 is 10.1 Å². The fourth-order valence-corrected chi connectivity index (χ4v) is 2.02. The van der Waals surface area contributed by atoms with Gasteiger partial charge in [0.25, 0.3) is 0 Å². The molecule has 0 bridgehead atoms. The van der Waals surface area contributed by atoms with E-state index in [1.165, 1.54) is 25.7 Å². The fourth-order valence-electron chi connectivity index (χ4n) is 2.02. The second-order valence-corrected chi connectivity index (χ2v) is 5.32. The van der Waals surface area contributed by atoms with E-state index in [9.17, 15) is 0 Å². The molecule has 0 spiro atoms. The highest BCUT2D eigenvalue weighted by atomic mass is 16.5. The summed E-state index contributed by atoms with van der Waals surface area (Å²) in [5, 5.41) is 11.6. The van der Waals surface area contributed by atoms with Crippen molar-refractivity contribution in [3.8, 4) is 5.88 Å². The molecule has 1 aromatic rings. The monoisotopic (exact) mass is 279 g/mol. The summed E-state index contributed by atoms with van der Waals surface area (Å²) in [5.41, 5.74) is 0.960. The molecule has 0 fully saturated rings. The lowest BCUT2D eigenvalue weighted by atomic mass is 10.1. The molecule has 114 valence electrons. The molecule has 0 saturated carbocycles. The molecule has 1 atom stereocenters. The molecule has 1 aromatic heterocycles. The molecule has 1 unspecified atom stereocenters. The van der Waals surface area contributed by atoms with Crippen LogP contribution in [0.3, 0.4) is 0 Å². The van der Waals surface area contributed by atoms with E-state index >= 15 is 0 Å². The van der Waals surface area contributed by atoms with Crippen LogP contribution in [0.25, 0.3) is 0 Å². The predicted molar refractivity (Wildman–Crippen MR) is 82.9 cm³/mol. The Bertz CT molecular complexity index is 340. The molecular formula is C16H29N3O. The highest BCUT2D eigenvalue weighted by Crippen LogP contribution is 2.12. The predicted octanol–water partition coefficient (Wildman–Crippen LogP) is 3.71. The van der Waals surface area contributed by atoms with Gasteiger partial charge in [-0.1, -0.05) is 33.1 Å². The highest BCUT2D eigenvalue weighted by Gasteiger charge is 2.05. The zero-order chi connectivity index (χ0) is 14.6. The molecule has 4 nitrogen and oxygen atoms in total. The zero-order valence-corrected chi connectivity index (χ0v) is 13.2. The number of nitrogens with one attached hydrogen (secondary N) is 1. The molecule has 4 heteroatoms. The van der Waals surface area contributed by atoms with Gasteiger partial charge in [0.15, 0.2) is 0 Å². The Morgan fingerprint density at radius 3 is 2.60 bits per heavy atom. The molecule has 1 heterocycles. The molecule has 20 heavy (non-hydrogen) atoms. The van der Waals surface area contributed by atoms with Gasteiger partial charge in [-0.2, -0.15) is 5.10 Å². The van der Waals surface area contributed by atoms with Crippen LogP contribution in [0.15, 0.2) is 12.1 Å². The summed E-state index contributed by atoms with van der Waals surface area (Å²) in [5.74, 6) is 0.632. The van der Waals surface area contributed by atoms with Gasteiger partial charge in [0.1, 0.15) is 0 Å². The summed E-state index contributed by atoms with van der Waals surface area (Å²) < 4.78 is 5.78. The molecule has 0 saturated heterocycles. The van der Waals surface area contributed by atoms with Gasteiger partial charge in [0.2, 0.25) is 5.88 Å². The number of hydrogen-bond acceptors (Lipinski definition) is 4. The van der Waals surface area contributed by atoms with E-state index in [1.54, 1.807) is 0 Å². The summed E-state index contributed by atoms with van der Waals surface area (Å²) in [7, 11) is 0. The third kappa shape index (κ3) is 7.43. The van der Waals surface area contributed by atoms with Crippen molar-refractivity contribution in [2.45, 2.75) is 71.9 Å². The number of ether oxygens (including phenoxy) is 1. The van der Waals surface area contributed by atoms with Crippen LogP contribution in [0.5, 0.6) is 5.88 Å². The lowest BCUT2D eigenvalue weighted by molar-refractivity contribution is 0.196. The van der Waals surface area contributed by atoms with Gasteiger partial charge in [-0.05, 0) is 38.8 Å². The summed E-state index contributed by atoms with van der Waals surface area (Å²) >= 11 is 0. The molecule has 0 radical (unpaired) electrons. The largest absolute Gasteiger partial charge is 0.474 e. The average Bonchev–Trinajstić information content (AvgIpc) is 2.46. The van der Waals surface area contributed by atoms with Crippen molar-refractivity contribution in [1.29, 1.82) is 0 Å². The third-order valence-corrected chi connectivity index (χ3v) is 3.21. The van der Waals surface area contributed by atoms with Crippen LogP contribution in [0, 0.1) is 0 Å². The Morgan fingerprint density at radius 2 is 1.95 bits per heavy atom. The van der Waals surface area contributed by atoms with Crippen molar-refractivity contribution in [2.24, 2.45) is 0 Å². The lowest BCUT2D eigenvalue weighted by Crippen LogP contribution is -2.16. The SMILES string of the molecule is CCCCCCC(C)Oc1ccc(CNCCC)nn1. The fraction of sp³-hybridized carbons (Fsp3) is 0.750. The minimum Gasteiger partial charge on any atom is -0.474 e. The van der Waals surface area contributed by atoms with Crippen LogP contribution >= 0.6 is 0 Å². The van der Waals surface area contributed by atoms with Crippen molar-refractivity contribution < 1.29 is 4.74 Å². The van der Waals surface area contributed by atoms with Crippen LogP contribution < -0.4 is 10.1 Å². The first-order valence-corrected chi connectivity index (χ1v) is 7.96. The van der Waals surface area contributed by atoms with Gasteiger partial charge in [0.05, 0.1) is 11.8 Å². The van der Waals surface area contributed by atoms with E-state index < -0.39 is 0 Å². The normalized spacial score (nSPS) is 12.3. The van der Waals surface area contributed by atoms with Crippen LogP contribution in [0.4, 0.5) is 0 Å². The molecule has 0 aromatic carbocycles. The quantitative estimate of drug-likeness (QED) is 0.627. The number of rotatable bonds is 11. The Balaban J connectivity index is 2.26. The summed E-state index contributed by atoms with van der Waals surface area (Å²) in [6.07, 6.45) is 7.52. The maximum Gasteiger partial charge on any atom is 0.233 e. The average molecular weight is 279 g/mol. The smallest absolute Gasteiger partial charge is 0.233 e. The van der Waals surface area contributed by atoms with Crippen molar-refractivity contribution in [2.75, 3.05) is 6.54 Å². The Labute approximate surface area is 123 Å². The third-order valence-electron chi connectivity index (χ3n) is 3.21. The summed E-state index contributed by atoms with van der Waals surface area (Å²) in [6.45, 7) is 8.26. The Morgan fingerprint density at radius 1 is 1.10 bits per heavy atom. The molecule has 1 N–H and O–H groups in total. The van der Waals surface area contributed by atoms with Crippen molar-refractivity contribution >= 4 is 0 Å². The van der Waals surface area contributed by atoms with Gasteiger partial charge in [-0.25, -0.2) is 0 Å². The number of nitrogens with zero attached hydrogens (tertiary/aromatic N) is 2. The minimum atomic E-state index is 0.213. The van der Waals surface area contributed by atoms with Gasteiger partial charge in [-0.3, -0.25) is 0 Å². The van der Waals surface area contributed by atoms with Crippen molar-refractivity contribution in [3.05, 3.63) is 17.8 Å². The standard InChI is InChI=1S/C16H29N3O/c1-4-6-7-8-9-14(3)20-16-11-10-15(18-19-16)13-17-12-5-2/h10-11,14,17H,4-9,12-13H2,1-3H3. The number of unbranched alkanes of at least 4 members (excludes halogenated alkanes) is 3. The van der Waals surface area contributed by atoms with Crippen LogP contribution in [-0.2, 0) is 6.54 Å². The van der Waals surface area contributed by atoms with E-state index in [2.05, 4.69) is 36.3 Å². The van der Waals surface area contributed by atoms with E-state index in [0.717, 1.165) is 31.6 Å². The van der Waals surface area contributed by atoms with Crippen molar-refractivity contribution in [1.82, 2.24) is 15.5 Å². The summed E-state index contributed by atoms with van der Waals surface area (Å²) in [6, 6.07) is 3.90. The van der Waals surface area contributed by atoms with E-state index in [0.29, 0.717) is 5.88 Å². The molecular weight excluding hydrogens is 250 g/mol. The van der Waals surface area contributed by atoms with E-state index in [1.807, 2.05) is 12.1 Å². The minimum absolute atomic E-state index is 0.213. The topological polar surface area (TPSA) is 47.0 Å². The van der Waals surface area contributed by atoms with E-state index in [4.69, 9.17) is 4.74 Å². The van der Waals surface area contributed by atoms with Gasteiger partial charge >= 0.3 is 0 Å². The Hall–Kier alpha value is -1.16. The molecule has 0 amide bonds. The molecule has 0 aliphatic carbocycles. The van der Waals surface area contributed by atoms with Crippen LogP contribution in [-0.4, -0.2) is 22.8 Å². The Kier molecular flexibility index (Phi) is 8.96. The second-order valence-electron chi connectivity index (χ2n) is 5.32. The number of aromatic nitrogens is 2. The van der Waals surface area contributed by atoms with Gasteiger partial charge in [-0.15, -0.1) is 5.10 Å². The highest BCUT2D eigenvalue weighted by molar-refractivity contribution is 5.11. The molecule has 0 aliphatic heterocycles. The maximum absolute atomic E-state index is 5.78.